The highest BCUT2D eigenvalue weighted by Crippen LogP contribution is 2.05. The number of rotatable bonds is 3. The highest BCUT2D eigenvalue weighted by Gasteiger charge is 2.04. The number of amides is 1. The maximum Gasteiger partial charge on any atom is 0.247 e. The molecule has 2 aromatic rings. The smallest absolute Gasteiger partial charge is 0.247 e. The van der Waals surface area contributed by atoms with Gasteiger partial charge in [0.15, 0.2) is 5.82 Å². The molecule has 0 aliphatic rings. The molecule has 0 aliphatic carbocycles. The number of hydrogen-bond donors (Lipinski definition) is 1. The fourth-order valence-corrected chi connectivity index (χ4v) is 1.23. The number of anilines is 1. The van der Waals surface area contributed by atoms with Gasteiger partial charge in [-0.25, -0.2) is 14.6 Å². The Bertz CT molecular complexity index is 468. The molecule has 7 nitrogen and oxygen atoms in total. The predicted molar refractivity (Wildman–Crippen MR) is 58.4 cm³/mol. The molecule has 0 aliphatic heterocycles. The molecule has 82 valence electrons. The van der Waals surface area contributed by atoms with Crippen LogP contribution in [0.1, 0.15) is 0 Å². The van der Waals surface area contributed by atoms with Gasteiger partial charge in [-0.3, -0.25) is 4.79 Å². The van der Waals surface area contributed by atoms with Crippen molar-refractivity contribution in [2.75, 3.05) is 5.32 Å². The van der Waals surface area contributed by atoms with E-state index in [2.05, 4.69) is 41.5 Å². The predicted octanol–water partition coefficient (Wildman–Crippen LogP) is 0.469. The van der Waals surface area contributed by atoms with E-state index in [1.807, 2.05) is 0 Å². The standard InChI is InChI=1S/C8H7BrN6O/c9-6-3-11-7(4-10-6)13-8(16)5-15-2-1-12-14-15/h1-4H,5H2,(H,11,13,16). The highest BCUT2D eigenvalue weighted by molar-refractivity contribution is 9.10. The molecule has 1 N–H and O–H groups in total. The number of hydrogen-bond acceptors (Lipinski definition) is 5. The van der Waals surface area contributed by atoms with Crippen molar-refractivity contribution in [3.63, 3.8) is 0 Å². The van der Waals surface area contributed by atoms with Crippen LogP contribution in [0.5, 0.6) is 0 Å². The molecule has 0 fully saturated rings. The van der Waals surface area contributed by atoms with Gasteiger partial charge >= 0.3 is 0 Å². The van der Waals surface area contributed by atoms with Crippen molar-refractivity contribution in [3.05, 3.63) is 29.4 Å². The van der Waals surface area contributed by atoms with Crippen molar-refractivity contribution < 1.29 is 4.79 Å². The van der Waals surface area contributed by atoms with Gasteiger partial charge < -0.3 is 5.32 Å². The lowest BCUT2D eigenvalue weighted by Crippen LogP contribution is -2.19. The Labute approximate surface area is 99.0 Å². The van der Waals surface area contributed by atoms with E-state index in [0.717, 1.165) is 0 Å². The Morgan fingerprint density at radius 2 is 2.31 bits per heavy atom. The zero-order valence-corrected chi connectivity index (χ0v) is 9.62. The monoisotopic (exact) mass is 282 g/mol. The molecule has 0 bridgehead atoms. The van der Waals surface area contributed by atoms with E-state index in [4.69, 9.17) is 0 Å². The fourth-order valence-electron chi connectivity index (χ4n) is 1.02. The summed E-state index contributed by atoms with van der Waals surface area (Å²) in [6, 6.07) is 0. The summed E-state index contributed by atoms with van der Waals surface area (Å²) in [5.74, 6) is 0.162. The fraction of sp³-hybridized carbons (Fsp3) is 0.125. The molecular weight excluding hydrogens is 276 g/mol. The average molecular weight is 283 g/mol. The minimum atomic E-state index is -0.234. The zero-order valence-electron chi connectivity index (χ0n) is 8.04. The first-order valence-electron chi connectivity index (χ1n) is 4.35. The maximum absolute atomic E-state index is 11.5. The molecule has 0 atom stereocenters. The molecule has 0 spiro atoms. The first-order chi connectivity index (χ1) is 7.74. The number of carbonyl (C=O) groups is 1. The van der Waals surface area contributed by atoms with Gasteiger partial charge in [-0.2, -0.15) is 0 Å². The SMILES string of the molecule is O=C(Cn1ccnn1)Nc1cnc(Br)cn1. The quantitative estimate of drug-likeness (QED) is 0.885. The molecule has 16 heavy (non-hydrogen) atoms. The van der Waals surface area contributed by atoms with Crippen molar-refractivity contribution in [2.24, 2.45) is 0 Å². The third kappa shape index (κ3) is 2.83. The number of nitrogens with zero attached hydrogens (tertiary/aromatic N) is 5. The molecule has 0 radical (unpaired) electrons. The van der Waals surface area contributed by atoms with Crippen LogP contribution in [0, 0.1) is 0 Å². The second kappa shape index (κ2) is 4.79. The summed E-state index contributed by atoms with van der Waals surface area (Å²) in [4.78, 5) is 19.4. The molecule has 2 heterocycles. The summed E-state index contributed by atoms with van der Waals surface area (Å²) >= 11 is 3.15. The van der Waals surface area contributed by atoms with Crippen molar-refractivity contribution >= 4 is 27.7 Å². The van der Waals surface area contributed by atoms with Crippen molar-refractivity contribution in [1.82, 2.24) is 25.0 Å². The second-order valence-electron chi connectivity index (χ2n) is 2.87. The summed E-state index contributed by atoms with van der Waals surface area (Å²) in [7, 11) is 0. The van der Waals surface area contributed by atoms with E-state index in [0.29, 0.717) is 10.4 Å². The van der Waals surface area contributed by atoms with Gasteiger partial charge in [0, 0.05) is 6.20 Å². The molecule has 2 rings (SSSR count). The van der Waals surface area contributed by atoms with Crippen LogP contribution in [0.15, 0.2) is 29.4 Å². The van der Waals surface area contributed by atoms with Crippen LogP contribution < -0.4 is 5.32 Å². The van der Waals surface area contributed by atoms with E-state index in [1.54, 1.807) is 6.20 Å². The molecule has 2 aromatic heterocycles. The van der Waals surface area contributed by atoms with Gasteiger partial charge in [0.2, 0.25) is 5.91 Å². The van der Waals surface area contributed by atoms with E-state index in [9.17, 15) is 4.79 Å². The molecule has 0 unspecified atom stereocenters. The topological polar surface area (TPSA) is 85.6 Å². The van der Waals surface area contributed by atoms with Gasteiger partial charge in [0.25, 0.3) is 0 Å². The van der Waals surface area contributed by atoms with Gasteiger partial charge in [-0.1, -0.05) is 5.21 Å². The van der Waals surface area contributed by atoms with Crippen LogP contribution in [0.25, 0.3) is 0 Å². The van der Waals surface area contributed by atoms with Crippen LogP contribution in [0.2, 0.25) is 0 Å². The summed E-state index contributed by atoms with van der Waals surface area (Å²) in [6.45, 7) is 0.0950. The first kappa shape index (κ1) is 10.7. The highest BCUT2D eigenvalue weighted by atomic mass is 79.9. The Morgan fingerprint density at radius 1 is 1.44 bits per heavy atom. The minimum Gasteiger partial charge on any atom is -0.308 e. The van der Waals surface area contributed by atoms with Gasteiger partial charge in [0.05, 0.1) is 18.6 Å². The van der Waals surface area contributed by atoms with Crippen LogP contribution >= 0.6 is 15.9 Å². The second-order valence-corrected chi connectivity index (χ2v) is 3.69. The van der Waals surface area contributed by atoms with Crippen LogP contribution in [-0.2, 0) is 11.3 Å². The number of halogens is 1. The van der Waals surface area contributed by atoms with E-state index >= 15 is 0 Å². The third-order valence-corrected chi connectivity index (χ3v) is 2.07. The van der Waals surface area contributed by atoms with Gasteiger partial charge in [-0.05, 0) is 15.9 Å². The van der Waals surface area contributed by atoms with Gasteiger partial charge in [-0.15, -0.1) is 5.10 Å². The Morgan fingerprint density at radius 3 is 2.94 bits per heavy atom. The molecule has 8 heteroatoms. The van der Waals surface area contributed by atoms with Crippen LogP contribution in [-0.4, -0.2) is 30.9 Å². The lowest BCUT2D eigenvalue weighted by molar-refractivity contribution is -0.116. The van der Waals surface area contributed by atoms with Crippen molar-refractivity contribution in [2.45, 2.75) is 6.54 Å². The summed E-state index contributed by atoms with van der Waals surface area (Å²) in [5, 5.41) is 9.85. The lowest BCUT2D eigenvalue weighted by atomic mass is 10.5. The zero-order chi connectivity index (χ0) is 11.4. The number of aromatic nitrogens is 5. The van der Waals surface area contributed by atoms with Crippen LogP contribution in [0.4, 0.5) is 5.82 Å². The average Bonchev–Trinajstić information content (AvgIpc) is 2.74. The minimum absolute atomic E-state index is 0.0950. The number of nitrogens with one attached hydrogen (secondary N) is 1. The first-order valence-corrected chi connectivity index (χ1v) is 5.15. The summed E-state index contributed by atoms with van der Waals surface area (Å²) in [6.07, 6.45) is 6.08. The molecule has 0 saturated carbocycles. The third-order valence-electron chi connectivity index (χ3n) is 1.67. The van der Waals surface area contributed by atoms with Crippen LogP contribution in [0.3, 0.4) is 0 Å². The van der Waals surface area contributed by atoms with Crippen molar-refractivity contribution in [3.8, 4) is 0 Å². The molecule has 1 amide bonds. The Hall–Kier alpha value is -1.83. The van der Waals surface area contributed by atoms with Gasteiger partial charge in [0.1, 0.15) is 11.1 Å². The largest absolute Gasteiger partial charge is 0.308 e. The molecular formula is C8H7BrN6O. The van der Waals surface area contributed by atoms with Crippen molar-refractivity contribution in [1.29, 1.82) is 0 Å². The molecule has 0 saturated heterocycles. The van der Waals surface area contributed by atoms with E-state index in [-0.39, 0.29) is 12.5 Å². The maximum atomic E-state index is 11.5. The number of carbonyl (C=O) groups excluding carboxylic acids is 1. The van der Waals surface area contributed by atoms with E-state index < -0.39 is 0 Å². The Kier molecular flexibility index (Phi) is 3.20. The van der Waals surface area contributed by atoms with E-state index in [1.165, 1.54) is 23.3 Å². The molecule has 0 aromatic carbocycles. The normalized spacial score (nSPS) is 10.1. The summed E-state index contributed by atoms with van der Waals surface area (Å²) < 4.78 is 2.03. The lowest BCUT2D eigenvalue weighted by Gasteiger charge is -2.03. The summed E-state index contributed by atoms with van der Waals surface area (Å²) in [5.41, 5.74) is 0. The Balaban J connectivity index is 1.95.